The van der Waals surface area contributed by atoms with Crippen LogP contribution >= 0.6 is 11.3 Å². The second-order valence-corrected chi connectivity index (χ2v) is 7.43. The number of ether oxygens (including phenoxy) is 4. The van der Waals surface area contributed by atoms with Gasteiger partial charge < -0.3 is 24.3 Å². The number of carbonyl (C=O) groups excluding carboxylic acids is 2. The van der Waals surface area contributed by atoms with E-state index in [2.05, 4.69) is 5.32 Å². The number of hydrogen-bond donors (Lipinski definition) is 1. The van der Waals surface area contributed by atoms with E-state index in [4.69, 9.17) is 18.9 Å². The molecule has 0 saturated carbocycles. The minimum absolute atomic E-state index is 0.129. The van der Waals surface area contributed by atoms with Crippen molar-refractivity contribution in [3.8, 4) is 28.4 Å². The number of thiophene rings is 1. The van der Waals surface area contributed by atoms with Gasteiger partial charge in [0.05, 0.1) is 13.2 Å². The van der Waals surface area contributed by atoms with Gasteiger partial charge in [-0.15, -0.1) is 11.3 Å². The van der Waals surface area contributed by atoms with Crippen LogP contribution < -0.4 is 19.5 Å². The van der Waals surface area contributed by atoms with Crippen LogP contribution in [0.15, 0.2) is 47.8 Å². The van der Waals surface area contributed by atoms with Crippen LogP contribution in [0.2, 0.25) is 0 Å². The Morgan fingerprint density at radius 3 is 2.55 bits per heavy atom. The molecule has 2 aromatic carbocycles. The van der Waals surface area contributed by atoms with E-state index in [1.165, 1.54) is 11.3 Å². The number of nitrogens with one attached hydrogen (secondary N) is 1. The molecule has 0 spiro atoms. The number of fused-ring (bicyclic) bond motifs is 1. The van der Waals surface area contributed by atoms with E-state index in [1.807, 2.05) is 36.6 Å². The van der Waals surface area contributed by atoms with E-state index in [0.717, 1.165) is 11.3 Å². The Morgan fingerprint density at radius 2 is 1.81 bits per heavy atom. The maximum Gasteiger partial charge on any atom is 0.341 e. The smallest absolute Gasteiger partial charge is 0.341 e. The van der Waals surface area contributed by atoms with Crippen LogP contribution in [0.1, 0.15) is 34.6 Å². The van der Waals surface area contributed by atoms with Crippen LogP contribution in [0.5, 0.6) is 17.2 Å². The molecule has 7 nitrogen and oxygen atoms in total. The lowest BCUT2D eigenvalue weighted by molar-refractivity contribution is 0.0529. The molecule has 0 unspecified atom stereocenters. The van der Waals surface area contributed by atoms with Crippen molar-refractivity contribution in [1.82, 2.24) is 0 Å². The van der Waals surface area contributed by atoms with Gasteiger partial charge in [0.15, 0.2) is 11.5 Å². The Morgan fingerprint density at radius 1 is 1.03 bits per heavy atom. The van der Waals surface area contributed by atoms with Crippen LogP contribution in [-0.2, 0) is 4.74 Å². The monoisotopic (exact) mass is 439 g/mol. The molecule has 0 saturated heterocycles. The van der Waals surface area contributed by atoms with Gasteiger partial charge in [0.25, 0.3) is 5.91 Å². The topological polar surface area (TPSA) is 83.1 Å². The average Bonchev–Trinajstić information content (AvgIpc) is 3.41. The summed E-state index contributed by atoms with van der Waals surface area (Å²) in [5.74, 6) is 1.00. The van der Waals surface area contributed by atoms with Gasteiger partial charge in [-0.25, -0.2) is 4.79 Å². The number of carbonyl (C=O) groups is 2. The lowest BCUT2D eigenvalue weighted by atomic mass is 10.0. The highest BCUT2D eigenvalue weighted by molar-refractivity contribution is 7.15. The van der Waals surface area contributed by atoms with Crippen molar-refractivity contribution in [2.75, 3.05) is 25.3 Å². The molecule has 1 N–H and O–H groups in total. The predicted octanol–water partition coefficient (Wildman–Crippen LogP) is 4.97. The van der Waals surface area contributed by atoms with Gasteiger partial charge in [-0.05, 0) is 49.7 Å². The fourth-order valence-electron chi connectivity index (χ4n) is 3.18. The molecule has 2 heterocycles. The van der Waals surface area contributed by atoms with Gasteiger partial charge in [0.2, 0.25) is 6.79 Å². The second-order valence-electron chi connectivity index (χ2n) is 6.55. The van der Waals surface area contributed by atoms with E-state index >= 15 is 0 Å². The first kappa shape index (κ1) is 20.7. The van der Waals surface area contributed by atoms with Gasteiger partial charge in [0, 0.05) is 16.5 Å². The highest BCUT2D eigenvalue weighted by Crippen LogP contribution is 2.38. The summed E-state index contributed by atoms with van der Waals surface area (Å²) in [6.07, 6.45) is 0. The standard InChI is InChI=1S/C23H21NO6S/c1-3-27-16-8-5-14(6-9-16)17-12-31-22(20(17)23(26)28-4-2)24-21(25)15-7-10-18-19(11-15)30-13-29-18/h5-12H,3-4,13H2,1-2H3,(H,24,25). The molecule has 0 atom stereocenters. The quantitative estimate of drug-likeness (QED) is 0.523. The molecule has 31 heavy (non-hydrogen) atoms. The predicted molar refractivity (Wildman–Crippen MR) is 117 cm³/mol. The number of rotatable bonds is 7. The van der Waals surface area contributed by atoms with Gasteiger partial charge in [-0.1, -0.05) is 12.1 Å². The van der Waals surface area contributed by atoms with Gasteiger partial charge >= 0.3 is 5.97 Å². The van der Waals surface area contributed by atoms with Gasteiger partial charge in [-0.2, -0.15) is 0 Å². The zero-order valence-corrected chi connectivity index (χ0v) is 17.9. The SMILES string of the molecule is CCOC(=O)c1c(-c2ccc(OCC)cc2)csc1NC(=O)c1ccc2c(c1)OCO2. The zero-order chi connectivity index (χ0) is 21.8. The molecular weight excluding hydrogens is 418 g/mol. The largest absolute Gasteiger partial charge is 0.494 e. The third-order valence-corrected chi connectivity index (χ3v) is 5.50. The first-order valence-corrected chi connectivity index (χ1v) is 10.7. The summed E-state index contributed by atoms with van der Waals surface area (Å²) in [5.41, 5.74) is 2.24. The summed E-state index contributed by atoms with van der Waals surface area (Å²) < 4.78 is 21.4. The number of amides is 1. The fourth-order valence-corrected chi connectivity index (χ4v) is 4.13. The lowest BCUT2D eigenvalue weighted by Crippen LogP contribution is -2.14. The summed E-state index contributed by atoms with van der Waals surface area (Å²) in [6, 6.07) is 12.4. The normalized spacial score (nSPS) is 11.8. The van der Waals surface area contributed by atoms with E-state index in [1.54, 1.807) is 25.1 Å². The second kappa shape index (κ2) is 9.09. The molecule has 1 aromatic heterocycles. The van der Waals surface area contributed by atoms with Crippen molar-refractivity contribution in [3.63, 3.8) is 0 Å². The van der Waals surface area contributed by atoms with Crippen LogP contribution in [-0.4, -0.2) is 31.9 Å². The zero-order valence-electron chi connectivity index (χ0n) is 17.1. The molecule has 0 radical (unpaired) electrons. The summed E-state index contributed by atoms with van der Waals surface area (Å²) in [5, 5.41) is 5.09. The van der Waals surface area contributed by atoms with Crippen LogP contribution in [0.3, 0.4) is 0 Å². The Bertz CT molecular complexity index is 1110. The van der Waals surface area contributed by atoms with E-state index in [-0.39, 0.29) is 19.3 Å². The Kier molecular flexibility index (Phi) is 6.08. The summed E-state index contributed by atoms with van der Waals surface area (Å²) >= 11 is 1.27. The third-order valence-electron chi connectivity index (χ3n) is 4.61. The summed E-state index contributed by atoms with van der Waals surface area (Å²) in [4.78, 5) is 25.6. The highest BCUT2D eigenvalue weighted by atomic mass is 32.1. The Hall–Kier alpha value is -3.52. The summed E-state index contributed by atoms with van der Waals surface area (Å²) in [6.45, 7) is 4.59. The van der Waals surface area contributed by atoms with Crippen molar-refractivity contribution in [2.45, 2.75) is 13.8 Å². The minimum Gasteiger partial charge on any atom is -0.494 e. The Labute approximate surface area is 183 Å². The molecular formula is C23H21NO6S. The maximum atomic E-state index is 12.8. The molecule has 1 amide bonds. The van der Waals surface area contributed by atoms with E-state index in [0.29, 0.717) is 39.8 Å². The van der Waals surface area contributed by atoms with Crippen molar-refractivity contribution in [1.29, 1.82) is 0 Å². The average molecular weight is 439 g/mol. The number of esters is 1. The van der Waals surface area contributed by atoms with Gasteiger partial charge in [-0.3, -0.25) is 4.79 Å². The fraction of sp³-hybridized carbons (Fsp3) is 0.217. The number of anilines is 1. The first-order valence-electron chi connectivity index (χ1n) is 9.83. The van der Waals surface area contributed by atoms with Crippen molar-refractivity contribution >= 4 is 28.2 Å². The highest BCUT2D eigenvalue weighted by Gasteiger charge is 2.24. The van der Waals surface area contributed by atoms with Crippen molar-refractivity contribution in [2.24, 2.45) is 0 Å². The Balaban J connectivity index is 1.64. The molecule has 0 bridgehead atoms. The molecule has 8 heteroatoms. The van der Waals surface area contributed by atoms with Gasteiger partial charge in [0.1, 0.15) is 16.3 Å². The van der Waals surface area contributed by atoms with Crippen molar-refractivity contribution in [3.05, 3.63) is 59.0 Å². The van der Waals surface area contributed by atoms with Crippen molar-refractivity contribution < 1.29 is 28.5 Å². The lowest BCUT2D eigenvalue weighted by Gasteiger charge is -2.10. The molecule has 1 aliphatic heterocycles. The molecule has 0 fully saturated rings. The molecule has 4 rings (SSSR count). The van der Waals surface area contributed by atoms with Crippen LogP contribution in [0, 0.1) is 0 Å². The summed E-state index contributed by atoms with van der Waals surface area (Å²) in [7, 11) is 0. The van der Waals surface area contributed by atoms with Crippen LogP contribution in [0.25, 0.3) is 11.1 Å². The third kappa shape index (κ3) is 4.34. The number of benzene rings is 2. The molecule has 1 aliphatic rings. The van der Waals surface area contributed by atoms with E-state index < -0.39 is 5.97 Å². The molecule has 3 aromatic rings. The minimum atomic E-state index is -0.492. The number of hydrogen-bond acceptors (Lipinski definition) is 7. The first-order chi connectivity index (χ1) is 15.1. The maximum absolute atomic E-state index is 12.8. The molecule has 0 aliphatic carbocycles. The van der Waals surface area contributed by atoms with E-state index in [9.17, 15) is 9.59 Å². The van der Waals surface area contributed by atoms with Crippen LogP contribution in [0.4, 0.5) is 5.00 Å². The molecule has 160 valence electrons.